The third-order valence-electron chi connectivity index (χ3n) is 18.9. The molecule has 1 N–H and O–H groups in total. The van der Waals surface area contributed by atoms with Crippen LogP contribution in [-0.4, -0.2) is 129 Å². The minimum Gasteiger partial charge on any atom is -0.459 e. The Kier molecular flexibility index (Phi) is 15.6. The molecule has 0 amide bonds. The number of rotatable bonds is 12. The van der Waals surface area contributed by atoms with E-state index in [9.17, 15) is 24.3 Å². The Hall–Kier alpha value is -2.48. The highest BCUT2D eigenvalue weighted by atomic mass is 28.4. The quantitative estimate of drug-likeness (QED) is 0.0856. The molecule has 4 heterocycles. The molecular formula is C53H84O16Si. The summed E-state index contributed by atoms with van der Waals surface area (Å²) in [5.74, 6) is -0.477. The van der Waals surface area contributed by atoms with Crippen LogP contribution >= 0.6 is 0 Å². The maximum absolute atomic E-state index is 12.8. The molecule has 0 aromatic rings. The van der Waals surface area contributed by atoms with Crippen LogP contribution in [0.2, 0.25) is 18.1 Å². The average molecular weight is 1010 g/mol. The smallest absolute Gasteiger partial charge is 0.331 e. The zero-order valence-corrected chi connectivity index (χ0v) is 45.2. The van der Waals surface area contributed by atoms with Crippen LogP contribution in [0.4, 0.5) is 0 Å². The Bertz CT molecular complexity index is 1970. The van der Waals surface area contributed by atoms with E-state index in [4.69, 9.17) is 51.8 Å². The van der Waals surface area contributed by atoms with Crippen molar-refractivity contribution < 1.29 is 76.1 Å². The van der Waals surface area contributed by atoms with Gasteiger partial charge in [0.1, 0.15) is 31.0 Å². The van der Waals surface area contributed by atoms with Gasteiger partial charge in [0, 0.05) is 51.5 Å². The van der Waals surface area contributed by atoms with Gasteiger partial charge < -0.3 is 56.9 Å². The number of hydrogen-bond acceptors (Lipinski definition) is 16. The summed E-state index contributed by atoms with van der Waals surface area (Å²) in [5.41, 5.74) is 0.150. The minimum atomic E-state index is -2.36. The van der Waals surface area contributed by atoms with Crippen LogP contribution in [0.15, 0.2) is 11.6 Å². The highest BCUT2D eigenvalue weighted by Gasteiger charge is 2.68. The second kappa shape index (κ2) is 20.3. The molecule has 0 aromatic carbocycles. The van der Waals surface area contributed by atoms with Crippen LogP contribution in [0.25, 0.3) is 0 Å². The van der Waals surface area contributed by atoms with Gasteiger partial charge in [-0.3, -0.25) is 14.4 Å². The van der Waals surface area contributed by atoms with Crippen molar-refractivity contribution in [3.63, 3.8) is 0 Å². The molecule has 0 radical (unpaired) electrons. The van der Waals surface area contributed by atoms with E-state index in [0.29, 0.717) is 24.9 Å². The Balaban J connectivity index is 0.922. The van der Waals surface area contributed by atoms with E-state index in [1.807, 2.05) is 13.8 Å². The monoisotopic (exact) mass is 1000 g/mol. The van der Waals surface area contributed by atoms with Gasteiger partial charge in [0.25, 0.3) is 0 Å². The van der Waals surface area contributed by atoms with Crippen LogP contribution < -0.4 is 0 Å². The molecule has 3 saturated heterocycles. The molecule has 7 fully saturated rings. The number of carbonyl (C=O) groups excluding carboxylic acids is 4. The summed E-state index contributed by atoms with van der Waals surface area (Å²) in [6.45, 7) is 25.7. The molecular weight excluding hydrogens is 921 g/mol. The predicted octanol–water partition coefficient (Wildman–Crippen LogP) is 7.99. The number of esters is 4. The highest BCUT2D eigenvalue weighted by Crippen LogP contribution is 2.70. The lowest BCUT2D eigenvalue weighted by Gasteiger charge is -2.64. The van der Waals surface area contributed by atoms with Crippen LogP contribution in [0.1, 0.15) is 153 Å². The van der Waals surface area contributed by atoms with Crippen molar-refractivity contribution >= 4 is 32.2 Å². The Morgan fingerprint density at radius 3 is 1.77 bits per heavy atom. The van der Waals surface area contributed by atoms with Crippen LogP contribution in [-0.2, 0) is 71.0 Å². The molecule has 396 valence electrons. The summed E-state index contributed by atoms with van der Waals surface area (Å²) < 4.78 is 69.3. The number of aliphatic hydroxyl groups is 1. The summed E-state index contributed by atoms with van der Waals surface area (Å²) in [5, 5.41) is 12.7. The fourth-order valence-corrected chi connectivity index (χ4v) is 15.7. The third-order valence-corrected chi connectivity index (χ3v) is 23.5. The zero-order chi connectivity index (χ0) is 50.9. The molecule has 0 aromatic heterocycles. The molecule has 20 atom stereocenters. The number of cyclic esters (lactones) is 1. The van der Waals surface area contributed by atoms with E-state index in [0.717, 1.165) is 63.4 Å². The van der Waals surface area contributed by atoms with Crippen molar-refractivity contribution in [2.45, 2.75) is 257 Å². The largest absolute Gasteiger partial charge is 0.459 e. The van der Waals surface area contributed by atoms with Crippen molar-refractivity contribution in [3.8, 4) is 0 Å². The molecule has 0 spiro atoms. The molecule has 0 bridgehead atoms. The second-order valence-electron chi connectivity index (χ2n) is 24.3. The fraction of sp³-hybridized carbons (Fsp3) is 0.887. The van der Waals surface area contributed by atoms with E-state index in [1.165, 1.54) is 20.8 Å². The molecule has 16 nitrogen and oxygen atoms in total. The van der Waals surface area contributed by atoms with Crippen LogP contribution in [0, 0.1) is 34.5 Å². The standard InChI is InChI=1S/C53H84O16Si/c1-28-47(65-33(6)56)40(63-31(4)54)24-45(61-28)67-48-29(2)62-46(25-41(48)64-32(5)55)68-49-30(3)60-44(26-42(49)69-70(12,13)50(7,8)9)66-36-16-19-51(10)35(23-36)14-15-39-38(51)17-20-52(11)37(18-21-53(39,52)58)34-22-43(57)59-27-34/h22,28-30,35-42,44-49,58H,14-21,23-27H2,1-13H3/t28-,29-,30-,35+,36-,37+,38-,39+,40-,41-,42-,44-,45-,46-,47+,48+,49+,51-,52+,53-/m0/s1. The van der Waals surface area contributed by atoms with E-state index in [2.05, 4.69) is 47.7 Å². The molecule has 8 aliphatic rings. The first-order valence-corrected chi connectivity index (χ1v) is 29.3. The lowest BCUT2D eigenvalue weighted by atomic mass is 9.43. The number of ether oxygens (including phenoxy) is 10. The van der Waals surface area contributed by atoms with Gasteiger partial charge >= 0.3 is 23.9 Å². The lowest BCUT2D eigenvalue weighted by molar-refractivity contribution is -0.336. The molecule has 70 heavy (non-hydrogen) atoms. The summed E-state index contributed by atoms with van der Waals surface area (Å²) in [7, 11) is -2.36. The van der Waals surface area contributed by atoms with Gasteiger partial charge in [-0.15, -0.1) is 0 Å². The predicted molar refractivity (Wildman–Crippen MR) is 256 cm³/mol. The first kappa shape index (κ1) is 53.8. The third kappa shape index (κ3) is 10.6. The first-order valence-electron chi connectivity index (χ1n) is 26.4. The van der Waals surface area contributed by atoms with Gasteiger partial charge in [-0.25, -0.2) is 4.79 Å². The molecule has 4 aliphatic carbocycles. The van der Waals surface area contributed by atoms with Gasteiger partial charge in [0.2, 0.25) is 0 Å². The Labute approximate surface area is 416 Å². The maximum atomic E-state index is 12.8. The van der Waals surface area contributed by atoms with Crippen LogP contribution in [0.5, 0.6) is 0 Å². The number of fused-ring (bicyclic) bond motifs is 5. The van der Waals surface area contributed by atoms with Crippen molar-refractivity contribution in [2.24, 2.45) is 34.5 Å². The molecule has 4 saturated carbocycles. The summed E-state index contributed by atoms with van der Waals surface area (Å²) in [6.07, 6.45) is 3.06. The van der Waals surface area contributed by atoms with E-state index >= 15 is 0 Å². The summed E-state index contributed by atoms with van der Waals surface area (Å²) in [6, 6.07) is 0. The molecule has 17 heteroatoms. The molecule has 8 rings (SSSR count). The topological polar surface area (TPSA) is 190 Å². The maximum Gasteiger partial charge on any atom is 0.331 e. The van der Waals surface area contributed by atoms with Gasteiger partial charge in [0.15, 0.2) is 33.3 Å². The van der Waals surface area contributed by atoms with E-state index < -0.39 is 99.5 Å². The van der Waals surface area contributed by atoms with E-state index in [-0.39, 0.29) is 58.7 Å². The van der Waals surface area contributed by atoms with Gasteiger partial charge in [-0.2, -0.15) is 0 Å². The first-order chi connectivity index (χ1) is 32.7. The lowest BCUT2D eigenvalue weighted by Crippen LogP contribution is -2.62. The van der Waals surface area contributed by atoms with Crippen molar-refractivity contribution in [1.29, 1.82) is 0 Å². The summed E-state index contributed by atoms with van der Waals surface area (Å²) >= 11 is 0. The van der Waals surface area contributed by atoms with Gasteiger partial charge in [0.05, 0.1) is 36.1 Å². The van der Waals surface area contributed by atoms with Crippen molar-refractivity contribution in [1.82, 2.24) is 0 Å². The zero-order valence-electron chi connectivity index (χ0n) is 44.2. The summed E-state index contributed by atoms with van der Waals surface area (Å²) in [4.78, 5) is 48.6. The SMILES string of the molecule is CC(=O)O[C@@H]1[C@H](C)O[C@@H](O[C@@H]2[C@H](C)O[C@@H](O[C@@H]3[C@H](C)O[C@@H](O[C@H]4CC[C@@]5(C)[C@H](CC[C@@H]6[C@@H]5CC[C@]5(C)[C@@H](C7=CC(=O)OC7)CC[C@]65O)C4)C[C@@H]3O[Si](C)(C)C(C)(C)C)C[C@@H]2OC(C)=O)C[C@@H]1OC(C)=O. The van der Waals surface area contributed by atoms with Crippen molar-refractivity contribution in [3.05, 3.63) is 11.6 Å². The molecule has 0 unspecified atom stereocenters. The number of carbonyl (C=O) groups is 4. The fourth-order valence-electron chi connectivity index (χ4n) is 14.4. The second-order valence-corrected chi connectivity index (χ2v) is 29.1. The minimum absolute atomic E-state index is 0.0226. The van der Waals surface area contributed by atoms with Crippen molar-refractivity contribution in [2.75, 3.05) is 6.61 Å². The normalized spacial score (nSPS) is 45.3. The highest BCUT2D eigenvalue weighted by molar-refractivity contribution is 6.74. The van der Waals surface area contributed by atoms with Crippen LogP contribution in [0.3, 0.4) is 0 Å². The Morgan fingerprint density at radius 2 is 1.21 bits per heavy atom. The number of hydrogen-bond donors (Lipinski definition) is 1. The average Bonchev–Trinajstić information content (AvgIpc) is 3.79. The molecule has 4 aliphatic heterocycles. The van der Waals surface area contributed by atoms with Gasteiger partial charge in [-0.1, -0.05) is 34.6 Å². The van der Waals surface area contributed by atoms with Gasteiger partial charge in [-0.05, 0) is 131 Å². The van der Waals surface area contributed by atoms with E-state index in [1.54, 1.807) is 13.0 Å². The Morgan fingerprint density at radius 1 is 0.671 bits per heavy atom.